The summed E-state index contributed by atoms with van der Waals surface area (Å²) in [5, 5.41) is 4.48. The zero-order valence-corrected chi connectivity index (χ0v) is 19.3. The standard InChI is InChI=1S/C24H20F3N3O5S/c25-24(26,27)17-6-8-18(9-7-17)35-19-10-12-20(13-11-19)36(33,34)30(14-16-4-2-1-3-5-16)15-21-22(31)29-23(32)28-21/h1-13,21H,14-15H2,(H2,28,29,31,32)/t21-/m0/s1. The van der Waals surface area contributed by atoms with E-state index in [2.05, 4.69) is 10.6 Å². The number of carbonyl (C=O) groups excluding carboxylic acids is 2. The third kappa shape index (κ3) is 5.83. The highest BCUT2D eigenvalue weighted by Crippen LogP contribution is 2.32. The number of halogens is 3. The Bertz CT molecular complexity index is 1350. The Balaban J connectivity index is 1.54. The molecule has 3 aromatic rings. The minimum atomic E-state index is -4.47. The quantitative estimate of drug-likeness (QED) is 0.440. The van der Waals surface area contributed by atoms with Gasteiger partial charge in [0.25, 0.3) is 5.91 Å². The number of rotatable bonds is 8. The number of ether oxygens (including phenoxy) is 1. The average molecular weight is 520 g/mol. The summed E-state index contributed by atoms with van der Waals surface area (Å²) in [6.07, 6.45) is -4.47. The van der Waals surface area contributed by atoms with Crippen molar-refractivity contribution < 1.29 is 35.9 Å². The number of carbonyl (C=O) groups is 2. The Labute approximate surface area is 204 Å². The second kappa shape index (κ2) is 9.99. The van der Waals surface area contributed by atoms with Crippen LogP contribution in [0.1, 0.15) is 11.1 Å². The fraction of sp³-hybridized carbons (Fsp3) is 0.167. The van der Waals surface area contributed by atoms with Gasteiger partial charge in [0.05, 0.1) is 10.5 Å². The second-order valence-corrected chi connectivity index (χ2v) is 9.83. The number of benzene rings is 3. The number of hydrogen-bond acceptors (Lipinski definition) is 5. The summed E-state index contributed by atoms with van der Waals surface area (Å²) in [4.78, 5) is 23.4. The molecule has 1 aliphatic rings. The molecule has 1 aliphatic heterocycles. The van der Waals surface area contributed by atoms with Crippen molar-refractivity contribution in [3.05, 3.63) is 90.0 Å². The van der Waals surface area contributed by atoms with Crippen LogP contribution in [0.2, 0.25) is 0 Å². The summed E-state index contributed by atoms with van der Waals surface area (Å²) in [5.74, 6) is -0.272. The lowest BCUT2D eigenvalue weighted by atomic mass is 10.2. The first-order chi connectivity index (χ1) is 17.0. The van der Waals surface area contributed by atoms with Crippen LogP contribution in [0.5, 0.6) is 11.5 Å². The summed E-state index contributed by atoms with van der Waals surface area (Å²) in [5.41, 5.74) is -0.144. The van der Waals surface area contributed by atoms with E-state index >= 15 is 0 Å². The van der Waals surface area contributed by atoms with Gasteiger partial charge in [-0.2, -0.15) is 17.5 Å². The predicted octanol–water partition coefficient (Wildman–Crippen LogP) is 3.90. The van der Waals surface area contributed by atoms with Gasteiger partial charge in [-0.15, -0.1) is 0 Å². The van der Waals surface area contributed by atoms with Crippen molar-refractivity contribution >= 4 is 22.0 Å². The second-order valence-electron chi connectivity index (χ2n) is 7.89. The fourth-order valence-corrected chi connectivity index (χ4v) is 4.95. The van der Waals surface area contributed by atoms with Crippen molar-refractivity contribution in [3.8, 4) is 11.5 Å². The van der Waals surface area contributed by atoms with Crippen molar-refractivity contribution in [2.24, 2.45) is 0 Å². The van der Waals surface area contributed by atoms with E-state index in [-0.39, 0.29) is 29.5 Å². The molecule has 36 heavy (non-hydrogen) atoms. The van der Waals surface area contributed by atoms with Gasteiger partial charge >= 0.3 is 12.2 Å². The molecule has 0 radical (unpaired) electrons. The largest absolute Gasteiger partial charge is 0.457 e. The molecule has 12 heteroatoms. The minimum Gasteiger partial charge on any atom is -0.457 e. The van der Waals surface area contributed by atoms with Gasteiger partial charge in [-0.25, -0.2) is 13.2 Å². The smallest absolute Gasteiger partial charge is 0.416 e. The van der Waals surface area contributed by atoms with Crippen LogP contribution in [-0.2, 0) is 27.5 Å². The summed E-state index contributed by atoms with van der Waals surface area (Å²) in [6.45, 7) is -0.342. The summed E-state index contributed by atoms with van der Waals surface area (Å²) in [7, 11) is -4.12. The number of nitrogens with zero attached hydrogens (tertiary/aromatic N) is 1. The van der Waals surface area contributed by atoms with E-state index in [0.717, 1.165) is 28.6 Å². The molecule has 0 saturated carbocycles. The molecule has 0 aliphatic carbocycles. The average Bonchev–Trinajstić information content (AvgIpc) is 3.16. The number of nitrogens with one attached hydrogen (secondary N) is 2. The van der Waals surface area contributed by atoms with Crippen LogP contribution >= 0.6 is 0 Å². The Morgan fingerprint density at radius 2 is 1.44 bits per heavy atom. The highest BCUT2D eigenvalue weighted by Gasteiger charge is 2.35. The van der Waals surface area contributed by atoms with Crippen molar-refractivity contribution in [1.29, 1.82) is 0 Å². The van der Waals surface area contributed by atoms with Crippen LogP contribution in [0, 0.1) is 0 Å². The van der Waals surface area contributed by atoms with Gasteiger partial charge in [-0.3, -0.25) is 10.1 Å². The Morgan fingerprint density at radius 3 is 1.97 bits per heavy atom. The van der Waals surface area contributed by atoms with E-state index in [1.807, 2.05) is 0 Å². The maximum Gasteiger partial charge on any atom is 0.416 e. The molecule has 2 N–H and O–H groups in total. The number of hydrogen-bond donors (Lipinski definition) is 2. The monoisotopic (exact) mass is 519 g/mol. The number of alkyl halides is 3. The molecule has 1 saturated heterocycles. The van der Waals surface area contributed by atoms with Crippen molar-refractivity contribution in [2.45, 2.75) is 23.7 Å². The Morgan fingerprint density at radius 1 is 0.861 bits per heavy atom. The van der Waals surface area contributed by atoms with Crippen LogP contribution in [-0.4, -0.2) is 37.2 Å². The first-order valence-electron chi connectivity index (χ1n) is 10.6. The van der Waals surface area contributed by atoms with Crippen LogP contribution in [0.25, 0.3) is 0 Å². The van der Waals surface area contributed by atoms with Crippen molar-refractivity contribution in [3.63, 3.8) is 0 Å². The van der Waals surface area contributed by atoms with Crippen molar-refractivity contribution in [2.75, 3.05) is 6.54 Å². The molecule has 8 nitrogen and oxygen atoms in total. The molecule has 3 amide bonds. The lowest BCUT2D eigenvalue weighted by Gasteiger charge is -2.24. The lowest BCUT2D eigenvalue weighted by Crippen LogP contribution is -2.44. The molecule has 3 aromatic carbocycles. The third-order valence-corrected chi connectivity index (χ3v) is 7.15. The summed E-state index contributed by atoms with van der Waals surface area (Å²) >= 11 is 0. The van der Waals surface area contributed by atoms with E-state index in [1.165, 1.54) is 24.3 Å². The zero-order valence-electron chi connectivity index (χ0n) is 18.5. The van der Waals surface area contributed by atoms with Gasteiger partial charge in [-0.1, -0.05) is 30.3 Å². The number of amides is 3. The molecule has 1 atom stereocenters. The zero-order chi connectivity index (χ0) is 25.9. The van der Waals surface area contributed by atoms with Crippen molar-refractivity contribution in [1.82, 2.24) is 14.9 Å². The molecule has 0 unspecified atom stereocenters. The van der Waals surface area contributed by atoms with E-state index in [9.17, 15) is 31.2 Å². The molecule has 1 heterocycles. The van der Waals surface area contributed by atoms with Gasteiger partial charge in [0.2, 0.25) is 10.0 Å². The SMILES string of the molecule is O=C1NC(=O)[C@H](CN(Cc2ccccc2)S(=O)(=O)c2ccc(Oc3ccc(C(F)(F)F)cc3)cc2)N1. The van der Waals surface area contributed by atoms with E-state index in [0.29, 0.717) is 5.56 Å². The first kappa shape index (κ1) is 25.2. The summed E-state index contributed by atoms with van der Waals surface area (Å²) < 4.78 is 71.7. The normalized spacial score (nSPS) is 16.1. The van der Waals surface area contributed by atoms with Crippen LogP contribution < -0.4 is 15.4 Å². The van der Waals surface area contributed by atoms with E-state index in [4.69, 9.17) is 4.74 Å². The van der Waals surface area contributed by atoms with Crippen LogP contribution in [0.4, 0.5) is 18.0 Å². The van der Waals surface area contributed by atoms with Gasteiger partial charge < -0.3 is 10.1 Å². The first-order valence-corrected chi connectivity index (χ1v) is 12.1. The number of urea groups is 1. The summed E-state index contributed by atoms with van der Waals surface area (Å²) in [6, 6.07) is 16.4. The van der Waals surface area contributed by atoms with Gasteiger partial charge in [0, 0.05) is 13.1 Å². The Kier molecular flexibility index (Phi) is 7.00. The topological polar surface area (TPSA) is 105 Å². The highest BCUT2D eigenvalue weighted by molar-refractivity contribution is 7.89. The molecule has 0 aromatic heterocycles. The van der Waals surface area contributed by atoms with E-state index in [1.54, 1.807) is 30.3 Å². The maximum absolute atomic E-state index is 13.4. The molecular weight excluding hydrogens is 499 g/mol. The maximum atomic E-state index is 13.4. The molecule has 188 valence electrons. The lowest BCUT2D eigenvalue weighted by molar-refractivity contribution is -0.137. The molecule has 0 bridgehead atoms. The Hall–Kier alpha value is -3.90. The third-order valence-electron chi connectivity index (χ3n) is 5.33. The van der Waals surface area contributed by atoms with Crippen LogP contribution in [0.15, 0.2) is 83.8 Å². The molecule has 0 spiro atoms. The predicted molar refractivity (Wildman–Crippen MR) is 122 cm³/mol. The molecular formula is C24H20F3N3O5S. The van der Waals surface area contributed by atoms with Crippen LogP contribution in [0.3, 0.4) is 0 Å². The van der Waals surface area contributed by atoms with E-state index < -0.39 is 39.7 Å². The fourth-order valence-electron chi connectivity index (χ4n) is 3.50. The molecule has 4 rings (SSSR count). The van der Waals surface area contributed by atoms with Gasteiger partial charge in [-0.05, 0) is 54.1 Å². The van der Waals surface area contributed by atoms with Gasteiger partial charge in [0.15, 0.2) is 0 Å². The number of sulfonamides is 1. The highest BCUT2D eigenvalue weighted by atomic mass is 32.2. The van der Waals surface area contributed by atoms with Gasteiger partial charge in [0.1, 0.15) is 17.5 Å². The minimum absolute atomic E-state index is 0.0490. The molecule has 1 fully saturated rings. The number of imide groups is 1.